The number of carbonyl (C=O) groups is 1. The van der Waals surface area contributed by atoms with Crippen LogP contribution in [0.1, 0.15) is 33.1 Å². The van der Waals surface area contributed by atoms with Crippen molar-refractivity contribution in [2.45, 2.75) is 39.2 Å². The maximum atomic E-state index is 10.8. The summed E-state index contributed by atoms with van der Waals surface area (Å²) in [5.74, 6) is 0.775. The molecule has 0 aromatic carbocycles. The van der Waals surface area contributed by atoms with Crippen LogP contribution in [0.3, 0.4) is 0 Å². The van der Waals surface area contributed by atoms with Gasteiger partial charge in [0.2, 0.25) is 0 Å². The molecule has 1 aliphatic heterocycles. The molecule has 0 N–H and O–H groups in total. The van der Waals surface area contributed by atoms with E-state index in [1.807, 2.05) is 0 Å². The summed E-state index contributed by atoms with van der Waals surface area (Å²) in [5, 5.41) is 0. The Bertz CT molecular complexity index is 210. The van der Waals surface area contributed by atoms with Gasteiger partial charge in [0.25, 0.3) is 0 Å². The number of fused-ring (bicyclic) bond motifs is 1. The van der Waals surface area contributed by atoms with Crippen LogP contribution in [0.4, 0.5) is 0 Å². The second-order valence-electron chi connectivity index (χ2n) is 5.10. The third-order valence-electron chi connectivity index (χ3n) is 3.70. The van der Waals surface area contributed by atoms with Crippen LogP contribution >= 0.6 is 0 Å². The molecule has 2 aliphatic rings. The molecule has 3 atom stereocenters. The van der Waals surface area contributed by atoms with Crippen molar-refractivity contribution in [3.63, 3.8) is 0 Å². The molecule has 3 unspecified atom stereocenters. The highest BCUT2D eigenvalue weighted by atomic mass is 16.5. The number of hydrogen-bond donors (Lipinski definition) is 0. The minimum Gasteiger partial charge on any atom is -0.377 e. The van der Waals surface area contributed by atoms with Crippen LogP contribution in [0.25, 0.3) is 0 Å². The maximum Gasteiger partial charge on any atom is 0.125 e. The van der Waals surface area contributed by atoms with E-state index in [-0.39, 0.29) is 17.4 Å². The van der Waals surface area contributed by atoms with Crippen molar-refractivity contribution < 1.29 is 9.53 Å². The molecule has 2 fully saturated rings. The predicted molar refractivity (Wildman–Crippen MR) is 50.4 cm³/mol. The molecular weight excluding hydrogens is 164 g/mol. The molecule has 13 heavy (non-hydrogen) atoms. The first-order valence-electron chi connectivity index (χ1n) is 5.22. The molecule has 2 heteroatoms. The Morgan fingerprint density at radius 1 is 1.38 bits per heavy atom. The fourth-order valence-corrected chi connectivity index (χ4v) is 2.84. The second-order valence-corrected chi connectivity index (χ2v) is 5.10. The number of rotatable bonds is 1. The van der Waals surface area contributed by atoms with Crippen molar-refractivity contribution in [2.24, 2.45) is 17.3 Å². The average molecular weight is 182 g/mol. The topological polar surface area (TPSA) is 26.3 Å². The zero-order chi connectivity index (χ0) is 9.47. The Morgan fingerprint density at radius 3 is 2.85 bits per heavy atom. The van der Waals surface area contributed by atoms with Gasteiger partial charge in [0, 0.05) is 5.92 Å². The molecule has 1 heterocycles. The summed E-state index contributed by atoms with van der Waals surface area (Å²) in [6.07, 6.45) is 4.78. The number of ether oxygens (including phenoxy) is 1. The first-order chi connectivity index (χ1) is 6.15. The van der Waals surface area contributed by atoms with E-state index in [1.165, 1.54) is 12.8 Å². The van der Waals surface area contributed by atoms with Gasteiger partial charge in [-0.05, 0) is 24.2 Å². The van der Waals surface area contributed by atoms with Gasteiger partial charge in [0.15, 0.2) is 0 Å². The Kier molecular flexibility index (Phi) is 2.18. The molecule has 0 aromatic rings. The van der Waals surface area contributed by atoms with Gasteiger partial charge in [0.1, 0.15) is 6.29 Å². The minimum absolute atomic E-state index is 0.167. The molecule has 1 saturated heterocycles. The number of hydrogen-bond acceptors (Lipinski definition) is 2. The van der Waals surface area contributed by atoms with Crippen molar-refractivity contribution in [1.29, 1.82) is 0 Å². The summed E-state index contributed by atoms with van der Waals surface area (Å²) in [6.45, 7) is 5.34. The predicted octanol–water partition coefficient (Wildman–Crippen LogP) is 2.03. The molecule has 0 bridgehead atoms. The van der Waals surface area contributed by atoms with Gasteiger partial charge in [0.05, 0.1) is 12.7 Å². The first kappa shape index (κ1) is 9.20. The first-order valence-corrected chi connectivity index (χ1v) is 5.22. The quantitative estimate of drug-likeness (QED) is 0.580. The van der Waals surface area contributed by atoms with Crippen LogP contribution in [0, 0.1) is 17.3 Å². The molecule has 2 nitrogen and oxygen atoms in total. The number of aldehydes is 1. The van der Waals surface area contributed by atoms with E-state index in [1.54, 1.807) is 0 Å². The summed E-state index contributed by atoms with van der Waals surface area (Å²) in [7, 11) is 0. The highest BCUT2D eigenvalue weighted by Crippen LogP contribution is 2.46. The molecule has 0 radical (unpaired) electrons. The fourth-order valence-electron chi connectivity index (χ4n) is 2.84. The lowest BCUT2D eigenvalue weighted by molar-refractivity contribution is -0.117. The molecule has 2 rings (SSSR count). The minimum atomic E-state index is 0.167. The summed E-state index contributed by atoms with van der Waals surface area (Å²) < 4.78 is 5.74. The fraction of sp³-hybridized carbons (Fsp3) is 0.909. The number of carbonyl (C=O) groups excluding carboxylic acids is 1. The van der Waals surface area contributed by atoms with Gasteiger partial charge in [-0.1, -0.05) is 20.3 Å². The summed E-state index contributed by atoms with van der Waals surface area (Å²) in [5.41, 5.74) is 0.284. The van der Waals surface area contributed by atoms with E-state index < -0.39 is 0 Å². The molecule has 1 aliphatic carbocycles. The van der Waals surface area contributed by atoms with Gasteiger partial charge in [-0.25, -0.2) is 0 Å². The highest BCUT2D eigenvalue weighted by Gasteiger charge is 2.47. The Labute approximate surface area is 79.7 Å². The van der Waals surface area contributed by atoms with E-state index in [0.717, 1.165) is 19.3 Å². The lowest BCUT2D eigenvalue weighted by Crippen LogP contribution is -2.36. The van der Waals surface area contributed by atoms with Gasteiger partial charge >= 0.3 is 0 Å². The van der Waals surface area contributed by atoms with Crippen LogP contribution in [0.2, 0.25) is 0 Å². The lowest BCUT2D eigenvalue weighted by Gasteiger charge is -2.34. The van der Waals surface area contributed by atoms with Crippen molar-refractivity contribution >= 4 is 6.29 Å². The van der Waals surface area contributed by atoms with E-state index in [0.29, 0.717) is 5.92 Å². The van der Waals surface area contributed by atoms with Crippen molar-refractivity contribution in [3.05, 3.63) is 0 Å². The molecule has 1 saturated carbocycles. The van der Waals surface area contributed by atoms with E-state index in [4.69, 9.17) is 4.74 Å². The van der Waals surface area contributed by atoms with Crippen molar-refractivity contribution in [2.75, 3.05) is 6.61 Å². The monoisotopic (exact) mass is 182 g/mol. The van der Waals surface area contributed by atoms with Crippen LogP contribution < -0.4 is 0 Å². The smallest absolute Gasteiger partial charge is 0.125 e. The Hall–Kier alpha value is -0.370. The van der Waals surface area contributed by atoms with Crippen molar-refractivity contribution in [3.8, 4) is 0 Å². The van der Waals surface area contributed by atoms with Gasteiger partial charge < -0.3 is 9.53 Å². The van der Waals surface area contributed by atoms with Crippen molar-refractivity contribution in [1.82, 2.24) is 0 Å². The van der Waals surface area contributed by atoms with E-state index >= 15 is 0 Å². The standard InChI is InChI=1S/C11H18O2/c1-11(2)7-13-10-8(6-12)4-3-5-9(10)11/h6,8-10H,3-5,7H2,1-2H3. The molecule has 74 valence electrons. The molecule has 0 amide bonds. The molecule has 0 spiro atoms. The Balaban J connectivity index is 2.16. The van der Waals surface area contributed by atoms with Crippen LogP contribution in [-0.2, 0) is 9.53 Å². The average Bonchev–Trinajstić information content (AvgIpc) is 2.43. The summed E-state index contributed by atoms with van der Waals surface area (Å²) in [6, 6.07) is 0. The van der Waals surface area contributed by atoms with E-state index in [2.05, 4.69) is 13.8 Å². The summed E-state index contributed by atoms with van der Waals surface area (Å²) >= 11 is 0. The largest absolute Gasteiger partial charge is 0.377 e. The SMILES string of the molecule is CC1(C)COC2C(C=O)CCCC21. The lowest BCUT2D eigenvalue weighted by atomic mass is 9.69. The molecule has 0 aromatic heterocycles. The van der Waals surface area contributed by atoms with Crippen LogP contribution in [0.15, 0.2) is 0 Å². The maximum absolute atomic E-state index is 10.8. The zero-order valence-electron chi connectivity index (χ0n) is 8.45. The summed E-state index contributed by atoms with van der Waals surface area (Å²) in [4.78, 5) is 10.8. The third kappa shape index (κ3) is 1.41. The zero-order valence-corrected chi connectivity index (χ0v) is 8.45. The van der Waals surface area contributed by atoms with Gasteiger partial charge in [-0.3, -0.25) is 0 Å². The van der Waals surface area contributed by atoms with Gasteiger partial charge in [-0.2, -0.15) is 0 Å². The van der Waals surface area contributed by atoms with E-state index in [9.17, 15) is 4.79 Å². The normalized spacial score (nSPS) is 42.8. The molecular formula is C11H18O2. The Morgan fingerprint density at radius 2 is 2.15 bits per heavy atom. The van der Waals surface area contributed by atoms with Crippen LogP contribution in [-0.4, -0.2) is 19.0 Å². The van der Waals surface area contributed by atoms with Crippen LogP contribution in [0.5, 0.6) is 0 Å². The highest BCUT2D eigenvalue weighted by molar-refractivity contribution is 5.55. The third-order valence-corrected chi connectivity index (χ3v) is 3.70. The second kappa shape index (κ2) is 3.09. The van der Waals surface area contributed by atoms with Gasteiger partial charge in [-0.15, -0.1) is 0 Å².